The largest absolute Gasteiger partial charge is 0.482 e. The fourth-order valence-electron chi connectivity index (χ4n) is 1.51. The van der Waals surface area contributed by atoms with Crippen LogP contribution in [0.15, 0.2) is 16.7 Å². The number of rotatable bonds is 5. The summed E-state index contributed by atoms with van der Waals surface area (Å²) in [5.41, 5.74) is 7.26. The Morgan fingerprint density at radius 2 is 2.17 bits per heavy atom. The van der Waals surface area contributed by atoms with Crippen molar-refractivity contribution >= 4 is 0 Å². The first-order valence-corrected chi connectivity index (χ1v) is 5.83. The van der Waals surface area contributed by atoms with Crippen LogP contribution in [-0.4, -0.2) is 15.1 Å². The van der Waals surface area contributed by atoms with Gasteiger partial charge in [0.2, 0.25) is 0 Å². The van der Waals surface area contributed by atoms with Crippen LogP contribution in [0.3, 0.4) is 0 Å². The average Bonchev–Trinajstić information content (AvgIpc) is 2.85. The Kier molecular flexibility index (Phi) is 3.88. The Balaban J connectivity index is 2.05. The molecule has 0 atom stereocenters. The first-order valence-electron chi connectivity index (χ1n) is 5.83. The minimum atomic E-state index is 0.227. The summed E-state index contributed by atoms with van der Waals surface area (Å²) in [6.45, 7) is 4.44. The third-order valence-electron chi connectivity index (χ3n) is 2.44. The number of aryl methyl sites for hydroxylation is 2. The van der Waals surface area contributed by atoms with Gasteiger partial charge in [-0.05, 0) is 19.1 Å². The lowest BCUT2D eigenvalue weighted by molar-refractivity contribution is 0.239. The fourth-order valence-corrected chi connectivity index (χ4v) is 1.51. The zero-order chi connectivity index (χ0) is 13.0. The van der Waals surface area contributed by atoms with E-state index in [-0.39, 0.29) is 6.61 Å². The second-order valence-electron chi connectivity index (χ2n) is 3.85. The fraction of sp³-hybridized carbons (Fsp3) is 0.417. The maximum absolute atomic E-state index is 5.62. The third kappa shape index (κ3) is 2.84. The molecule has 2 heterocycles. The maximum atomic E-state index is 5.62. The quantitative estimate of drug-likeness (QED) is 0.860. The predicted molar refractivity (Wildman–Crippen MR) is 64.9 cm³/mol. The molecular weight excluding hydrogens is 232 g/mol. The van der Waals surface area contributed by atoms with Gasteiger partial charge in [0.05, 0.1) is 5.69 Å². The summed E-state index contributed by atoms with van der Waals surface area (Å²) in [5.74, 6) is 1.78. The number of nitrogens with two attached hydrogens (primary N) is 1. The van der Waals surface area contributed by atoms with E-state index in [1.54, 1.807) is 0 Å². The summed E-state index contributed by atoms with van der Waals surface area (Å²) in [7, 11) is 0. The van der Waals surface area contributed by atoms with Crippen LogP contribution in [0.4, 0.5) is 0 Å². The molecule has 0 bridgehead atoms. The van der Waals surface area contributed by atoms with Gasteiger partial charge in [-0.1, -0.05) is 12.1 Å². The predicted octanol–water partition coefficient (Wildman–Crippen LogP) is 1.37. The summed E-state index contributed by atoms with van der Waals surface area (Å²) < 4.78 is 10.6. The van der Waals surface area contributed by atoms with Crippen molar-refractivity contribution in [3.8, 4) is 5.75 Å². The van der Waals surface area contributed by atoms with Crippen LogP contribution < -0.4 is 10.5 Å². The van der Waals surface area contributed by atoms with E-state index in [9.17, 15) is 0 Å². The minimum absolute atomic E-state index is 0.227. The van der Waals surface area contributed by atoms with Crippen LogP contribution in [0.5, 0.6) is 5.75 Å². The second kappa shape index (κ2) is 5.59. The molecule has 0 saturated heterocycles. The standard InChI is InChI=1S/C12H16N4O2/c1-3-11-15-12(18-16-11)7-17-10-5-4-8(2)14-9(10)6-13/h4-5H,3,6-7,13H2,1-2H3. The molecule has 0 aliphatic heterocycles. The number of aromatic nitrogens is 3. The summed E-state index contributed by atoms with van der Waals surface area (Å²) >= 11 is 0. The van der Waals surface area contributed by atoms with Crippen molar-refractivity contribution in [3.63, 3.8) is 0 Å². The second-order valence-corrected chi connectivity index (χ2v) is 3.85. The summed E-state index contributed by atoms with van der Waals surface area (Å²) in [4.78, 5) is 8.47. The normalized spacial score (nSPS) is 10.6. The van der Waals surface area contributed by atoms with E-state index in [2.05, 4.69) is 15.1 Å². The van der Waals surface area contributed by atoms with Crippen LogP contribution in [-0.2, 0) is 19.6 Å². The van der Waals surface area contributed by atoms with E-state index in [1.807, 2.05) is 26.0 Å². The van der Waals surface area contributed by atoms with Crippen LogP contribution in [0, 0.1) is 6.92 Å². The number of nitrogens with zero attached hydrogens (tertiary/aromatic N) is 3. The van der Waals surface area contributed by atoms with Crippen LogP contribution >= 0.6 is 0 Å². The zero-order valence-electron chi connectivity index (χ0n) is 10.5. The van der Waals surface area contributed by atoms with Gasteiger partial charge >= 0.3 is 0 Å². The molecule has 2 aromatic heterocycles. The third-order valence-corrected chi connectivity index (χ3v) is 2.44. The van der Waals surface area contributed by atoms with E-state index in [1.165, 1.54) is 0 Å². The Morgan fingerprint density at radius 3 is 2.83 bits per heavy atom. The van der Waals surface area contributed by atoms with Gasteiger partial charge in [0.25, 0.3) is 5.89 Å². The average molecular weight is 248 g/mol. The van der Waals surface area contributed by atoms with Gasteiger partial charge < -0.3 is 15.0 Å². The molecule has 2 rings (SSSR count). The lowest BCUT2D eigenvalue weighted by Crippen LogP contribution is -2.06. The number of hydrogen-bond donors (Lipinski definition) is 1. The highest BCUT2D eigenvalue weighted by Gasteiger charge is 2.08. The Hall–Kier alpha value is -1.95. The molecule has 0 aliphatic rings. The Bertz CT molecular complexity index is 525. The molecule has 0 aliphatic carbocycles. The molecule has 0 spiro atoms. The molecule has 6 heteroatoms. The van der Waals surface area contributed by atoms with Crippen LogP contribution in [0.2, 0.25) is 0 Å². The van der Waals surface area contributed by atoms with Crippen molar-refractivity contribution in [1.82, 2.24) is 15.1 Å². The van der Waals surface area contributed by atoms with Crippen LogP contribution in [0.25, 0.3) is 0 Å². The highest BCUT2D eigenvalue weighted by Crippen LogP contribution is 2.17. The SMILES string of the molecule is CCc1noc(COc2ccc(C)nc2CN)n1. The number of hydrogen-bond acceptors (Lipinski definition) is 6. The first kappa shape index (κ1) is 12.5. The molecule has 0 unspecified atom stereocenters. The monoisotopic (exact) mass is 248 g/mol. The molecule has 2 aromatic rings. The lowest BCUT2D eigenvalue weighted by atomic mass is 10.3. The number of ether oxygens (including phenoxy) is 1. The highest BCUT2D eigenvalue weighted by molar-refractivity contribution is 5.29. The van der Waals surface area contributed by atoms with Gasteiger partial charge in [-0.3, -0.25) is 4.98 Å². The molecule has 0 saturated carbocycles. The molecule has 0 radical (unpaired) electrons. The smallest absolute Gasteiger partial charge is 0.264 e. The molecule has 0 fully saturated rings. The molecular formula is C12H16N4O2. The van der Waals surface area contributed by atoms with E-state index in [0.29, 0.717) is 24.0 Å². The van der Waals surface area contributed by atoms with Crippen LogP contribution in [0.1, 0.15) is 30.0 Å². The number of pyridine rings is 1. The molecule has 0 amide bonds. The molecule has 18 heavy (non-hydrogen) atoms. The van der Waals surface area contributed by atoms with Crippen molar-refractivity contribution in [2.24, 2.45) is 5.73 Å². The highest BCUT2D eigenvalue weighted by atomic mass is 16.5. The van der Waals surface area contributed by atoms with Crippen molar-refractivity contribution in [1.29, 1.82) is 0 Å². The topological polar surface area (TPSA) is 87.1 Å². The van der Waals surface area contributed by atoms with E-state index in [0.717, 1.165) is 17.8 Å². The summed E-state index contributed by atoms with van der Waals surface area (Å²) in [5, 5.41) is 3.80. The van der Waals surface area contributed by atoms with E-state index < -0.39 is 0 Å². The molecule has 2 N–H and O–H groups in total. The molecule has 0 aromatic carbocycles. The van der Waals surface area contributed by atoms with E-state index in [4.69, 9.17) is 15.0 Å². The van der Waals surface area contributed by atoms with E-state index >= 15 is 0 Å². The van der Waals surface area contributed by atoms with Crippen molar-refractivity contribution in [2.45, 2.75) is 33.4 Å². The molecule has 96 valence electrons. The van der Waals surface area contributed by atoms with Gasteiger partial charge in [0, 0.05) is 18.7 Å². The van der Waals surface area contributed by atoms with Crippen molar-refractivity contribution in [2.75, 3.05) is 0 Å². The van der Waals surface area contributed by atoms with Crippen molar-refractivity contribution < 1.29 is 9.26 Å². The van der Waals surface area contributed by atoms with Gasteiger partial charge in [-0.15, -0.1) is 0 Å². The lowest BCUT2D eigenvalue weighted by Gasteiger charge is -2.08. The minimum Gasteiger partial charge on any atom is -0.482 e. The Labute approximate surface area is 105 Å². The van der Waals surface area contributed by atoms with Gasteiger partial charge in [-0.25, -0.2) is 0 Å². The zero-order valence-corrected chi connectivity index (χ0v) is 10.5. The Morgan fingerprint density at radius 1 is 1.33 bits per heavy atom. The van der Waals surface area contributed by atoms with Gasteiger partial charge in [0.1, 0.15) is 5.75 Å². The van der Waals surface area contributed by atoms with Gasteiger partial charge in [0.15, 0.2) is 12.4 Å². The first-order chi connectivity index (χ1) is 8.72. The molecule has 6 nitrogen and oxygen atoms in total. The van der Waals surface area contributed by atoms with Gasteiger partial charge in [-0.2, -0.15) is 4.98 Å². The summed E-state index contributed by atoms with van der Waals surface area (Å²) in [6, 6.07) is 3.72. The van der Waals surface area contributed by atoms with Crippen molar-refractivity contribution in [3.05, 3.63) is 35.2 Å². The summed E-state index contributed by atoms with van der Waals surface area (Å²) in [6.07, 6.45) is 0.740. The maximum Gasteiger partial charge on any atom is 0.264 e.